The summed E-state index contributed by atoms with van der Waals surface area (Å²) in [7, 11) is 0. The second-order valence-corrected chi connectivity index (χ2v) is 12.5. The maximum atomic E-state index is 12.8. The van der Waals surface area contributed by atoms with Crippen molar-refractivity contribution in [2.45, 2.75) is 12.8 Å². The van der Waals surface area contributed by atoms with Crippen LogP contribution in [0.4, 0.5) is 0 Å². The van der Waals surface area contributed by atoms with Crippen LogP contribution < -0.4 is 10.9 Å². The van der Waals surface area contributed by atoms with E-state index in [1.54, 1.807) is 48.6 Å². The first-order valence-corrected chi connectivity index (χ1v) is 14.9. The Bertz CT molecular complexity index is 1370. The van der Waals surface area contributed by atoms with Crippen LogP contribution >= 0.6 is 71.2 Å². The molecule has 0 atom stereocenters. The summed E-state index contributed by atoms with van der Waals surface area (Å²) in [6, 6.07) is 14.2. The van der Waals surface area contributed by atoms with E-state index in [1.807, 2.05) is 12.1 Å². The molecular weight excluding hydrogens is 631 g/mol. The SMILES string of the molecule is O=C(CCN1C(=O)/C(=C\c2ccccc2Cl)SC1=S)NNC(=O)CCN1C(=O)/C(=C\c2ccccc2Cl)SC1=S. The van der Waals surface area contributed by atoms with E-state index in [9.17, 15) is 19.2 Å². The quantitative estimate of drug-likeness (QED) is 0.233. The van der Waals surface area contributed by atoms with E-state index in [-0.39, 0.29) is 37.7 Å². The highest BCUT2D eigenvalue weighted by atomic mass is 35.5. The van der Waals surface area contributed by atoms with E-state index >= 15 is 0 Å². The van der Waals surface area contributed by atoms with Crippen LogP contribution in [0.3, 0.4) is 0 Å². The number of nitrogens with zero attached hydrogens (tertiary/aromatic N) is 2. The molecular formula is C26H20Cl2N4O4S4. The molecule has 2 aromatic carbocycles. The normalized spacial score (nSPS) is 17.4. The average molecular weight is 652 g/mol. The second kappa shape index (κ2) is 13.7. The van der Waals surface area contributed by atoms with Crippen LogP contribution in [0.2, 0.25) is 10.0 Å². The minimum Gasteiger partial charge on any atom is -0.292 e. The average Bonchev–Trinajstić information content (AvgIpc) is 3.35. The fraction of sp³-hybridized carbons (Fsp3) is 0.154. The van der Waals surface area contributed by atoms with E-state index in [1.165, 1.54) is 9.80 Å². The lowest BCUT2D eigenvalue weighted by molar-refractivity contribution is -0.130. The summed E-state index contributed by atoms with van der Waals surface area (Å²) in [5.41, 5.74) is 6.00. The lowest BCUT2D eigenvalue weighted by Gasteiger charge is -2.15. The van der Waals surface area contributed by atoms with Gasteiger partial charge in [-0.1, -0.05) is 108 Å². The Balaban J connectivity index is 1.22. The third-order valence-electron chi connectivity index (χ3n) is 5.60. The molecule has 14 heteroatoms. The molecule has 0 bridgehead atoms. The van der Waals surface area contributed by atoms with Gasteiger partial charge in [0.25, 0.3) is 11.8 Å². The molecule has 2 fully saturated rings. The monoisotopic (exact) mass is 650 g/mol. The highest BCUT2D eigenvalue weighted by Gasteiger charge is 2.33. The zero-order valence-electron chi connectivity index (χ0n) is 20.5. The summed E-state index contributed by atoms with van der Waals surface area (Å²) in [5, 5.41) is 1.01. The summed E-state index contributed by atoms with van der Waals surface area (Å²) in [5.74, 6) is -1.66. The lowest BCUT2D eigenvalue weighted by atomic mass is 10.2. The van der Waals surface area contributed by atoms with Gasteiger partial charge in [0.15, 0.2) is 0 Å². The van der Waals surface area contributed by atoms with Crippen LogP contribution in [0.15, 0.2) is 58.3 Å². The first-order valence-electron chi connectivity index (χ1n) is 11.7. The number of rotatable bonds is 8. The first kappa shape index (κ1) is 30.2. The van der Waals surface area contributed by atoms with Gasteiger partial charge in [0, 0.05) is 36.0 Å². The van der Waals surface area contributed by atoms with Gasteiger partial charge in [-0.25, -0.2) is 0 Å². The molecule has 8 nitrogen and oxygen atoms in total. The Hall–Kier alpha value is -2.74. The number of amides is 4. The molecule has 206 valence electrons. The van der Waals surface area contributed by atoms with Crippen molar-refractivity contribution < 1.29 is 19.2 Å². The van der Waals surface area contributed by atoms with E-state index in [2.05, 4.69) is 10.9 Å². The van der Waals surface area contributed by atoms with Crippen LogP contribution in [-0.4, -0.2) is 55.2 Å². The van der Waals surface area contributed by atoms with E-state index in [4.69, 9.17) is 47.6 Å². The zero-order valence-corrected chi connectivity index (χ0v) is 25.3. The third kappa shape index (κ3) is 7.50. The van der Waals surface area contributed by atoms with Crippen molar-refractivity contribution in [3.05, 3.63) is 79.5 Å². The molecule has 4 amide bonds. The predicted octanol–water partition coefficient (Wildman–Crippen LogP) is 5.02. The Kier molecular flexibility index (Phi) is 10.4. The van der Waals surface area contributed by atoms with Crippen LogP contribution in [0.25, 0.3) is 12.2 Å². The number of nitrogens with one attached hydrogen (secondary N) is 2. The zero-order chi connectivity index (χ0) is 28.8. The largest absolute Gasteiger partial charge is 0.292 e. The summed E-state index contributed by atoms with van der Waals surface area (Å²) in [6.07, 6.45) is 3.14. The van der Waals surface area contributed by atoms with Crippen LogP contribution in [0.5, 0.6) is 0 Å². The third-order valence-corrected chi connectivity index (χ3v) is 9.04. The Labute approximate surface area is 259 Å². The topological polar surface area (TPSA) is 98.8 Å². The number of hydrogen-bond acceptors (Lipinski definition) is 8. The van der Waals surface area contributed by atoms with Crippen molar-refractivity contribution in [2.24, 2.45) is 0 Å². The minimum atomic E-state index is -0.509. The van der Waals surface area contributed by atoms with E-state index in [0.29, 0.717) is 39.6 Å². The standard InChI is InChI=1S/C26H20Cl2N4O4S4/c27-17-7-3-1-5-15(17)13-19-23(35)31(25(37)39-19)11-9-21(33)29-30-22(34)10-12-32-24(36)20(40-26(32)38)14-16-6-2-4-8-18(16)28/h1-8,13-14H,9-12H2,(H,29,33)(H,30,34)/b19-13+,20-14+. The number of hydrogen-bond donors (Lipinski definition) is 2. The fourth-order valence-electron chi connectivity index (χ4n) is 3.54. The summed E-state index contributed by atoms with van der Waals surface area (Å²) in [6.45, 7) is 0.0844. The van der Waals surface area contributed by atoms with Crippen molar-refractivity contribution in [3.8, 4) is 0 Å². The summed E-state index contributed by atoms with van der Waals surface area (Å²) < 4.78 is 0.652. The molecule has 2 aromatic rings. The van der Waals surface area contributed by atoms with Gasteiger partial charge in [-0.05, 0) is 35.4 Å². The smallest absolute Gasteiger partial charge is 0.266 e. The molecule has 2 N–H and O–H groups in total. The number of thioether (sulfide) groups is 2. The minimum absolute atomic E-state index is 0.0422. The first-order chi connectivity index (χ1) is 19.1. The van der Waals surface area contributed by atoms with Gasteiger partial charge in [0.2, 0.25) is 11.8 Å². The number of carbonyl (C=O) groups is 4. The van der Waals surface area contributed by atoms with Gasteiger partial charge in [0.1, 0.15) is 8.64 Å². The number of benzene rings is 2. The number of hydrazine groups is 1. The maximum absolute atomic E-state index is 12.8. The molecule has 40 heavy (non-hydrogen) atoms. The molecule has 0 aliphatic carbocycles. The van der Waals surface area contributed by atoms with Gasteiger partial charge in [0.05, 0.1) is 9.81 Å². The molecule has 0 unspecified atom stereocenters. The molecule has 2 aliphatic heterocycles. The van der Waals surface area contributed by atoms with Crippen LogP contribution in [-0.2, 0) is 19.2 Å². The van der Waals surface area contributed by atoms with Crippen molar-refractivity contribution in [2.75, 3.05) is 13.1 Å². The van der Waals surface area contributed by atoms with Crippen LogP contribution in [0.1, 0.15) is 24.0 Å². The Morgan fingerprint density at radius 1 is 0.725 bits per heavy atom. The van der Waals surface area contributed by atoms with Gasteiger partial charge in [-0.2, -0.15) is 0 Å². The molecule has 2 heterocycles. The van der Waals surface area contributed by atoms with Gasteiger partial charge in [-0.3, -0.25) is 39.8 Å². The van der Waals surface area contributed by atoms with E-state index in [0.717, 1.165) is 23.5 Å². The van der Waals surface area contributed by atoms with Crippen LogP contribution in [0, 0.1) is 0 Å². The summed E-state index contributed by atoms with van der Waals surface area (Å²) >= 11 is 25.2. The van der Waals surface area contributed by atoms with Gasteiger partial charge < -0.3 is 0 Å². The van der Waals surface area contributed by atoms with Crippen molar-refractivity contribution in [3.63, 3.8) is 0 Å². The molecule has 0 radical (unpaired) electrons. The highest BCUT2D eigenvalue weighted by molar-refractivity contribution is 8.27. The maximum Gasteiger partial charge on any atom is 0.266 e. The van der Waals surface area contributed by atoms with E-state index < -0.39 is 11.8 Å². The second-order valence-electron chi connectivity index (χ2n) is 8.31. The molecule has 0 spiro atoms. The molecule has 0 saturated carbocycles. The van der Waals surface area contributed by atoms with Gasteiger partial charge in [-0.15, -0.1) is 0 Å². The highest BCUT2D eigenvalue weighted by Crippen LogP contribution is 2.35. The van der Waals surface area contributed by atoms with Crippen molar-refractivity contribution in [1.29, 1.82) is 0 Å². The van der Waals surface area contributed by atoms with Crippen molar-refractivity contribution >= 4 is 116 Å². The fourth-order valence-corrected chi connectivity index (χ4v) is 6.52. The molecule has 2 aliphatic rings. The molecule has 0 aromatic heterocycles. The van der Waals surface area contributed by atoms with Gasteiger partial charge >= 0.3 is 0 Å². The number of halogens is 2. The summed E-state index contributed by atoms with van der Waals surface area (Å²) in [4.78, 5) is 53.6. The number of carbonyl (C=O) groups excluding carboxylic acids is 4. The molecule has 2 saturated heterocycles. The van der Waals surface area contributed by atoms with Crippen molar-refractivity contribution in [1.82, 2.24) is 20.7 Å². The lowest BCUT2D eigenvalue weighted by Crippen LogP contribution is -2.44. The predicted molar refractivity (Wildman–Crippen MR) is 168 cm³/mol. The Morgan fingerprint density at radius 2 is 1.10 bits per heavy atom. The molecule has 4 rings (SSSR count). The number of thiocarbonyl (C=S) groups is 2. The Morgan fingerprint density at radius 3 is 1.48 bits per heavy atom.